The Balaban J connectivity index is 1.53. The van der Waals surface area contributed by atoms with Crippen LogP contribution in [0.4, 0.5) is 0 Å². The third kappa shape index (κ3) is 3.92. The molecular weight excluding hydrogens is 288 g/mol. The van der Waals surface area contributed by atoms with Crippen LogP contribution in [0.15, 0.2) is 36.9 Å². The number of hydrogen-bond acceptors (Lipinski definition) is 4. The van der Waals surface area contributed by atoms with Crippen LogP contribution in [0, 0.1) is 0 Å². The van der Waals surface area contributed by atoms with Crippen LogP contribution in [0.1, 0.15) is 42.6 Å². The van der Waals surface area contributed by atoms with Crippen molar-refractivity contribution in [3.63, 3.8) is 0 Å². The summed E-state index contributed by atoms with van der Waals surface area (Å²) < 4.78 is 0. The average molecular weight is 310 g/mol. The average Bonchev–Trinajstić information content (AvgIpc) is 2.63. The van der Waals surface area contributed by atoms with Crippen molar-refractivity contribution in [1.82, 2.24) is 19.9 Å². The Morgan fingerprint density at radius 1 is 1.22 bits per heavy atom. The van der Waals surface area contributed by atoms with Crippen molar-refractivity contribution >= 4 is 5.91 Å². The quantitative estimate of drug-likeness (QED) is 0.870. The summed E-state index contributed by atoms with van der Waals surface area (Å²) in [6.45, 7) is 3.69. The standard InChI is InChI=1S/C18H22N4O/c1-2-14-3-4-16(20-12-14)11-18(23)22-9-6-15(7-10-22)17-5-8-19-13-21-17/h3-5,8,12-13,15H,2,6-7,9-11H2,1H3. The Hall–Kier alpha value is -2.30. The van der Waals surface area contributed by atoms with Crippen LogP contribution in [0.2, 0.25) is 0 Å². The Morgan fingerprint density at radius 2 is 2.04 bits per heavy atom. The molecule has 3 heterocycles. The van der Waals surface area contributed by atoms with Gasteiger partial charge in [-0.15, -0.1) is 0 Å². The molecule has 120 valence electrons. The highest BCUT2D eigenvalue weighted by molar-refractivity contribution is 5.78. The van der Waals surface area contributed by atoms with E-state index in [0.29, 0.717) is 12.3 Å². The summed E-state index contributed by atoms with van der Waals surface area (Å²) in [6, 6.07) is 5.99. The number of carbonyl (C=O) groups excluding carboxylic acids is 1. The fraction of sp³-hybridized carbons (Fsp3) is 0.444. The van der Waals surface area contributed by atoms with E-state index in [2.05, 4.69) is 27.9 Å². The highest BCUT2D eigenvalue weighted by atomic mass is 16.2. The summed E-state index contributed by atoms with van der Waals surface area (Å²) >= 11 is 0. The van der Waals surface area contributed by atoms with Gasteiger partial charge in [0.1, 0.15) is 6.33 Å². The lowest BCUT2D eigenvalue weighted by Crippen LogP contribution is -2.39. The van der Waals surface area contributed by atoms with Crippen molar-refractivity contribution in [3.05, 3.63) is 53.9 Å². The SMILES string of the molecule is CCc1ccc(CC(=O)N2CCC(c3ccncn3)CC2)nc1. The van der Waals surface area contributed by atoms with Gasteiger partial charge in [0.15, 0.2) is 0 Å². The highest BCUT2D eigenvalue weighted by Gasteiger charge is 2.24. The minimum absolute atomic E-state index is 0.169. The van der Waals surface area contributed by atoms with Gasteiger partial charge in [-0.05, 0) is 37.0 Å². The maximum atomic E-state index is 12.4. The van der Waals surface area contributed by atoms with E-state index in [1.165, 1.54) is 5.56 Å². The summed E-state index contributed by atoms with van der Waals surface area (Å²) in [4.78, 5) is 27.1. The maximum absolute atomic E-state index is 12.4. The monoisotopic (exact) mass is 310 g/mol. The molecule has 0 aliphatic carbocycles. The van der Waals surface area contributed by atoms with Gasteiger partial charge in [-0.3, -0.25) is 9.78 Å². The van der Waals surface area contributed by atoms with Crippen molar-refractivity contribution in [2.75, 3.05) is 13.1 Å². The lowest BCUT2D eigenvalue weighted by molar-refractivity contribution is -0.131. The molecule has 1 aliphatic rings. The van der Waals surface area contributed by atoms with Crippen LogP contribution in [-0.2, 0) is 17.6 Å². The predicted octanol–water partition coefficient (Wildman–Crippen LogP) is 2.38. The third-order valence-electron chi connectivity index (χ3n) is 4.50. The Bertz CT molecular complexity index is 634. The van der Waals surface area contributed by atoms with E-state index in [9.17, 15) is 4.79 Å². The van der Waals surface area contributed by atoms with Gasteiger partial charge in [0.05, 0.1) is 6.42 Å². The molecule has 0 atom stereocenters. The summed E-state index contributed by atoms with van der Waals surface area (Å²) in [5, 5.41) is 0. The molecule has 5 nitrogen and oxygen atoms in total. The van der Waals surface area contributed by atoms with E-state index < -0.39 is 0 Å². The van der Waals surface area contributed by atoms with Crippen LogP contribution in [-0.4, -0.2) is 38.8 Å². The number of aromatic nitrogens is 3. The van der Waals surface area contributed by atoms with Crippen LogP contribution < -0.4 is 0 Å². The molecule has 1 amide bonds. The van der Waals surface area contributed by atoms with Gasteiger partial charge in [0.2, 0.25) is 5.91 Å². The Morgan fingerprint density at radius 3 is 2.65 bits per heavy atom. The van der Waals surface area contributed by atoms with E-state index in [1.54, 1.807) is 12.5 Å². The first-order chi connectivity index (χ1) is 11.3. The van der Waals surface area contributed by atoms with Crippen LogP contribution >= 0.6 is 0 Å². The number of carbonyl (C=O) groups is 1. The van der Waals surface area contributed by atoms with E-state index >= 15 is 0 Å². The van der Waals surface area contributed by atoms with Gasteiger partial charge in [0.25, 0.3) is 0 Å². The summed E-state index contributed by atoms with van der Waals surface area (Å²) in [6.07, 6.45) is 8.53. The number of pyridine rings is 1. The van der Waals surface area contributed by atoms with Gasteiger partial charge >= 0.3 is 0 Å². The van der Waals surface area contributed by atoms with Crippen molar-refractivity contribution in [2.45, 2.75) is 38.5 Å². The number of rotatable bonds is 4. The topological polar surface area (TPSA) is 59.0 Å². The van der Waals surface area contributed by atoms with Crippen molar-refractivity contribution in [3.8, 4) is 0 Å². The van der Waals surface area contributed by atoms with Crippen LogP contribution in [0.3, 0.4) is 0 Å². The second kappa shape index (κ2) is 7.31. The van der Waals surface area contributed by atoms with Crippen molar-refractivity contribution in [1.29, 1.82) is 0 Å². The van der Waals surface area contributed by atoms with Gasteiger partial charge in [-0.25, -0.2) is 9.97 Å². The molecule has 0 aromatic carbocycles. The zero-order valence-corrected chi connectivity index (χ0v) is 13.5. The van der Waals surface area contributed by atoms with Gasteiger partial charge in [0, 0.05) is 42.8 Å². The molecule has 0 radical (unpaired) electrons. The molecule has 0 bridgehead atoms. The molecule has 2 aromatic rings. The van der Waals surface area contributed by atoms with E-state index in [-0.39, 0.29) is 5.91 Å². The second-order valence-corrected chi connectivity index (χ2v) is 5.98. The van der Waals surface area contributed by atoms with Crippen LogP contribution in [0.5, 0.6) is 0 Å². The molecule has 0 N–H and O–H groups in total. The molecule has 5 heteroatoms. The first-order valence-electron chi connectivity index (χ1n) is 8.23. The second-order valence-electron chi connectivity index (χ2n) is 5.98. The zero-order valence-electron chi connectivity index (χ0n) is 13.5. The first kappa shape index (κ1) is 15.6. The molecule has 23 heavy (non-hydrogen) atoms. The number of aryl methyl sites for hydroxylation is 1. The molecule has 1 saturated heterocycles. The number of likely N-dealkylation sites (tertiary alicyclic amines) is 1. The molecule has 1 fully saturated rings. The van der Waals surface area contributed by atoms with Crippen LogP contribution in [0.25, 0.3) is 0 Å². The lowest BCUT2D eigenvalue weighted by Gasteiger charge is -2.31. The molecule has 3 rings (SSSR count). The number of hydrogen-bond donors (Lipinski definition) is 0. The Labute approximate surface area is 136 Å². The van der Waals surface area contributed by atoms with Gasteiger partial charge < -0.3 is 4.90 Å². The number of nitrogens with zero attached hydrogens (tertiary/aromatic N) is 4. The Kier molecular flexibility index (Phi) is 4.95. The van der Waals surface area contributed by atoms with E-state index in [1.807, 2.05) is 23.2 Å². The van der Waals surface area contributed by atoms with Crippen molar-refractivity contribution < 1.29 is 4.79 Å². The summed E-state index contributed by atoms with van der Waals surface area (Å²) in [5.74, 6) is 0.604. The fourth-order valence-corrected chi connectivity index (χ4v) is 3.00. The third-order valence-corrected chi connectivity index (χ3v) is 4.50. The predicted molar refractivity (Wildman–Crippen MR) is 87.9 cm³/mol. The maximum Gasteiger partial charge on any atom is 0.228 e. The summed E-state index contributed by atoms with van der Waals surface area (Å²) in [5.41, 5.74) is 3.14. The fourth-order valence-electron chi connectivity index (χ4n) is 3.00. The lowest BCUT2D eigenvalue weighted by atomic mass is 9.93. The molecule has 2 aromatic heterocycles. The molecule has 0 unspecified atom stereocenters. The number of amides is 1. The minimum Gasteiger partial charge on any atom is -0.342 e. The smallest absolute Gasteiger partial charge is 0.228 e. The number of piperidine rings is 1. The zero-order chi connectivity index (χ0) is 16.1. The molecular formula is C18H22N4O. The normalized spacial score (nSPS) is 15.6. The minimum atomic E-state index is 0.169. The molecule has 0 spiro atoms. The van der Waals surface area contributed by atoms with Crippen molar-refractivity contribution in [2.24, 2.45) is 0 Å². The largest absolute Gasteiger partial charge is 0.342 e. The van der Waals surface area contributed by atoms with Gasteiger partial charge in [-0.1, -0.05) is 13.0 Å². The first-order valence-corrected chi connectivity index (χ1v) is 8.23. The van der Waals surface area contributed by atoms with E-state index in [0.717, 1.165) is 43.7 Å². The van der Waals surface area contributed by atoms with Gasteiger partial charge in [-0.2, -0.15) is 0 Å². The molecule has 0 saturated carbocycles. The highest BCUT2D eigenvalue weighted by Crippen LogP contribution is 2.26. The summed E-state index contributed by atoms with van der Waals surface area (Å²) in [7, 11) is 0. The van der Waals surface area contributed by atoms with E-state index in [4.69, 9.17) is 0 Å². The molecule has 1 aliphatic heterocycles.